The van der Waals surface area contributed by atoms with Crippen LogP contribution < -0.4 is 10.6 Å². The second kappa shape index (κ2) is 7.62. The van der Waals surface area contributed by atoms with Gasteiger partial charge in [0.2, 0.25) is 0 Å². The topological polar surface area (TPSA) is 114 Å². The molecule has 0 unspecified atom stereocenters. The number of ether oxygens (including phenoxy) is 2. The molecule has 25 heavy (non-hydrogen) atoms. The van der Waals surface area contributed by atoms with Crippen molar-refractivity contribution in [1.82, 2.24) is 0 Å². The Kier molecular flexibility index (Phi) is 5.30. The molecule has 2 saturated heterocycles. The number of carboxylic acid groups (broad SMARTS) is 1. The summed E-state index contributed by atoms with van der Waals surface area (Å²) in [5.41, 5.74) is 0.555. The molecule has 2 heterocycles. The maximum atomic E-state index is 12.1. The van der Waals surface area contributed by atoms with E-state index in [9.17, 15) is 19.5 Å². The summed E-state index contributed by atoms with van der Waals surface area (Å²) in [5, 5.41) is 14.6. The fourth-order valence-corrected chi connectivity index (χ4v) is 2.91. The van der Waals surface area contributed by atoms with E-state index < -0.39 is 18.2 Å². The lowest BCUT2D eigenvalue weighted by atomic mass is 10.1. The highest BCUT2D eigenvalue weighted by atomic mass is 16.5. The minimum atomic E-state index is -1.15. The molecule has 2 atom stereocenters. The van der Waals surface area contributed by atoms with Crippen LogP contribution in [0, 0.1) is 0 Å². The third kappa shape index (κ3) is 4.34. The highest BCUT2D eigenvalue weighted by molar-refractivity contribution is 6.00. The molecule has 2 aliphatic rings. The van der Waals surface area contributed by atoms with Gasteiger partial charge in [-0.1, -0.05) is 0 Å². The largest absolute Gasteiger partial charge is 0.478 e. The molecule has 3 rings (SSSR count). The van der Waals surface area contributed by atoms with Crippen molar-refractivity contribution in [3.8, 4) is 0 Å². The quantitative estimate of drug-likeness (QED) is 0.745. The predicted molar refractivity (Wildman–Crippen MR) is 88.6 cm³/mol. The minimum absolute atomic E-state index is 0.0345. The average Bonchev–Trinajstić information content (AvgIpc) is 3.28. The zero-order valence-electron chi connectivity index (χ0n) is 13.6. The summed E-state index contributed by atoms with van der Waals surface area (Å²) in [4.78, 5) is 35.6. The summed E-state index contributed by atoms with van der Waals surface area (Å²) in [6, 6.07) is 4.21. The molecule has 0 spiro atoms. The highest BCUT2D eigenvalue weighted by Crippen LogP contribution is 2.22. The van der Waals surface area contributed by atoms with Gasteiger partial charge in [0.1, 0.15) is 12.2 Å². The van der Waals surface area contributed by atoms with Gasteiger partial charge >= 0.3 is 5.97 Å². The summed E-state index contributed by atoms with van der Waals surface area (Å²) in [6.07, 6.45) is 1.84. The first-order valence-corrected chi connectivity index (χ1v) is 8.26. The minimum Gasteiger partial charge on any atom is -0.478 e. The van der Waals surface area contributed by atoms with E-state index in [1.165, 1.54) is 18.2 Å². The number of aromatic carboxylic acids is 1. The number of anilines is 2. The maximum absolute atomic E-state index is 12.1. The molecule has 0 saturated carbocycles. The molecular weight excluding hydrogens is 328 g/mol. The molecule has 0 aliphatic carbocycles. The molecular formula is C17H20N2O6. The Morgan fingerprint density at radius 2 is 1.36 bits per heavy atom. The molecule has 8 heteroatoms. The fourth-order valence-electron chi connectivity index (χ4n) is 2.91. The Bertz CT molecular complexity index is 629. The van der Waals surface area contributed by atoms with Crippen LogP contribution in [0.2, 0.25) is 0 Å². The molecule has 1 aromatic carbocycles. The summed E-state index contributed by atoms with van der Waals surface area (Å²) < 4.78 is 10.6. The SMILES string of the molecule is O=C(O)c1cc(NC(=O)[C@@H]2CCCO2)cc(NC(=O)[C@H]2CCCO2)c1. The van der Waals surface area contributed by atoms with Crippen LogP contribution in [-0.4, -0.2) is 48.3 Å². The first-order valence-electron chi connectivity index (χ1n) is 8.26. The lowest BCUT2D eigenvalue weighted by Gasteiger charge is -2.14. The number of carbonyl (C=O) groups excluding carboxylic acids is 2. The Morgan fingerprint density at radius 3 is 1.72 bits per heavy atom. The summed E-state index contributed by atoms with van der Waals surface area (Å²) >= 11 is 0. The summed E-state index contributed by atoms with van der Waals surface area (Å²) in [7, 11) is 0. The van der Waals surface area contributed by atoms with Gasteiger partial charge in [-0.15, -0.1) is 0 Å². The lowest BCUT2D eigenvalue weighted by molar-refractivity contribution is -0.125. The van der Waals surface area contributed by atoms with Crippen molar-refractivity contribution < 1.29 is 29.0 Å². The van der Waals surface area contributed by atoms with Gasteiger partial charge < -0.3 is 25.2 Å². The average molecular weight is 348 g/mol. The van der Waals surface area contributed by atoms with Gasteiger partial charge in [-0.3, -0.25) is 9.59 Å². The van der Waals surface area contributed by atoms with Crippen LogP contribution in [0.25, 0.3) is 0 Å². The van der Waals surface area contributed by atoms with Crippen LogP contribution in [0.15, 0.2) is 18.2 Å². The van der Waals surface area contributed by atoms with E-state index >= 15 is 0 Å². The summed E-state index contributed by atoms with van der Waals surface area (Å²) in [6.45, 7) is 1.08. The van der Waals surface area contributed by atoms with Crippen LogP contribution in [0.1, 0.15) is 36.0 Å². The van der Waals surface area contributed by atoms with Crippen LogP contribution in [0.4, 0.5) is 11.4 Å². The number of carboxylic acids is 1. The number of amides is 2. The van der Waals surface area contributed by atoms with Crippen LogP contribution in [0.3, 0.4) is 0 Å². The Balaban J connectivity index is 1.75. The van der Waals surface area contributed by atoms with E-state index in [1.807, 2.05) is 0 Å². The fraction of sp³-hybridized carbons (Fsp3) is 0.471. The van der Waals surface area contributed by atoms with Crippen molar-refractivity contribution in [1.29, 1.82) is 0 Å². The Morgan fingerprint density at radius 1 is 0.880 bits per heavy atom. The molecule has 0 aromatic heterocycles. The normalized spacial score (nSPS) is 22.6. The first-order chi connectivity index (χ1) is 12.0. The van der Waals surface area contributed by atoms with Crippen molar-refractivity contribution in [2.75, 3.05) is 23.8 Å². The number of carbonyl (C=O) groups is 3. The molecule has 2 amide bonds. The number of benzene rings is 1. The monoisotopic (exact) mass is 348 g/mol. The standard InChI is InChI=1S/C17H20N2O6/c20-15(13-3-1-5-24-13)18-11-7-10(17(22)23)8-12(9-11)19-16(21)14-4-2-6-25-14/h7-9,13-14H,1-6H2,(H,18,20)(H,19,21)(H,22,23)/t13-,14+. The van der Waals surface area contributed by atoms with Crippen LogP contribution in [-0.2, 0) is 19.1 Å². The second-order valence-electron chi connectivity index (χ2n) is 6.09. The molecule has 8 nitrogen and oxygen atoms in total. The zero-order valence-corrected chi connectivity index (χ0v) is 13.6. The number of hydrogen-bond donors (Lipinski definition) is 3. The Hall–Kier alpha value is -2.45. The van der Waals surface area contributed by atoms with E-state index in [2.05, 4.69) is 10.6 Å². The summed E-state index contributed by atoms with van der Waals surface area (Å²) in [5.74, 6) is -1.80. The van der Waals surface area contributed by atoms with E-state index in [-0.39, 0.29) is 17.4 Å². The third-order valence-electron chi connectivity index (χ3n) is 4.16. The van der Waals surface area contributed by atoms with Gasteiger partial charge in [0.25, 0.3) is 11.8 Å². The van der Waals surface area contributed by atoms with E-state index in [0.717, 1.165) is 12.8 Å². The van der Waals surface area contributed by atoms with E-state index in [1.54, 1.807) is 0 Å². The van der Waals surface area contributed by atoms with Gasteiger partial charge in [-0.05, 0) is 43.9 Å². The van der Waals surface area contributed by atoms with Crippen molar-refractivity contribution in [2.24, 2.45) is 0 Å². The molecule has 2 aliphatic heterocycles. The van der Waals surface area contributed by atoms with Gasteiger partial charge in [0.15, 0.2) is 0 Å². The predicted octanol–water partition coefficient (Wildman–Crippen LogP) is 1.62. The molecule has 2 fully saturated rings. The van der Waals surface area contributed by atoms with Gasteiger partial charge in [-0.25, -0.2) is 4.79 Å². The van der Waals surface area contributed by atoms with Crippen molar-refractivity contribution in [3.63, 3.8) is 0 Å². The number of rotatable bonds is 5. The van der Waals surface area contributed by atoms with Gasteiger partial charge in [0.05, 0.1) is 5.56 Å². The smallest absolute Gasteiger partial charge is 0.335 e. The van der Waals surface area contributed by atoms with Gasteiger partial charge in [0, 0.05) is 24.6 Å². The van der Waals surface area contributed by atoms with E-state index in [0.29, 0.717) is 37.4 Å². The molecule has 1 aromatic rings. The maximum Gasteiger partial charge on any atom is 0.335 e. The zero-order chi connectivity index (χ0) is 17.8. The van der Waals surface area contributed by atoms with Crippen molar-refractivity contribution >= 4 is 29.2 Å². The van der Waals surface area contributed by atoms with E-state index in [4.69, 9.17) is 9.47 Å². The van der Waals surface area contributed by atoms with Crippen molar-refractivity contribution in [2.45, 2.75) is 37.9 Å². The molecule has 3 N–H and O–H groups in total. The molecule has 0 radical (unpaired) electrons. The number of hydrogen-bond acceptors (Lipinski definition) is 5. The third-order valence-corrected chi connectivity index (χ3v) is 4.16. The lowest BCUT2D eigenvalue weighted by Crippen LogP contribution is -2.28. The number of nitrogens with one attached hydrogen (secondary N) is 2. The van der Waals surface area contributed by atoms with Gasteiger partial charge in [-0.2, -0.15) is 0 Å². The first kappa shape index (κ1) is 17.4. The second-order valence-corrected chi connectivity index (χ2v) is 6.09. The molecule has 0 bridgehead atoms. The highest BCUT2D eigenvalue weighted by Gasteiger charge is 2.25. The molecule has 134 valence electrons. The Labute approximate surface area is 144 Å². The van der Waals surface area contributed by atoms with Crippen LogP contribution in [0.5, 0.6) is 0 Å². The van der Waals surface area contributed by atoms with Crippen molar-refractivity contribution in [3.05, 3.63) is 23.8 Å². The van der Waals surface area contributed by atoms with Crippen LogP contribution >= 0.6 is 0 Å².